The van der Waals surface area contributed by atoms with Crippen LogP contribution >= 0.6 is 0 Å². The van der Waals surface area contributed by atoms with Gasteiger partial charge in [-0.2, -0.15) is 0 Å². The number of nitrogens with one attached hydrogen (secondary N) is 1. The van der Waals surface area contributed by atoms with Gasteiger partial charge in [0.1, 0.15) is 11.6 Å². The molecule has 0 unspecified atom stereocenters. The molecule has 0 bridgehead atoms. The fourth-order valence-corrected chi connectivity index (χ4v) is 2.34. The van der Waals surface area contributed by atoms with E-state index in [2.05, 4.69) is 0 Å². The second-order valence-electron chi connectivity index (χ2n) is 7.25. The second-order valence-corrected chi connectivity index (χ2v) is 7.25. The Labute approximate surface area is 174 Å². The summed E-state index contributed by atoms with van der Waals surface area (Å²) >= 11 is 0. The summed E-state index contributed by atoms with van der Waals surface area (Å²) in [7, 11) is 0.476. The quantitative estimate of drug-likeness (QED) is 0.172. The van der Waals surface area contributed by atoms with Gasteiger partial charge in [-0.25, -0.2) is 0 Å². The molecule has 0 amide bonds. The highest BCUT2D eigenvalue weighted by molar-refractivity contribution is 6.72. The van der Waals surface area contributed by atoms with Gasteiger partial charge in [0, 0.05) is 25.7 Å². The highest BCUT2D eigenvalue weighted by atomic mass is 16.5. The van der Waals surface area contributed by atoms with Crippen molar-refractivity contribution < 1.29 is 33.3 Å². The molecule has 0 atom stereocenters. The van der Waals surface area contributed by atoms with E-state index >= 15 is 0 Å². The summed E-state index contributed by atoms with van der Waals surface area (Å²) < 4.78 is 22.9. The van der Waals surface area contributed by atoms with E-state index in [0.29, 0.717) is 59.4 Å². The smallest absolute Gasteiger partial charge is 0.202 e. The van der Waals surface area contributed by atoms with Crippen molar-refractivity contribution in [3.63, 3.8) is 0 Å². The third-order valence-corrected chi connectivity index (χ3v) is 4.16. The summed E-state index contributed by atoms with van der Waals surface area (Å²) in [5.74, 6) is 0.0924. The predicted molar refractivity (Wildman–Crippen MR) is 112 cm³/mol. The monoisotopic (exact) mass is 413 g/mol. The van der Waals surface area contributed by atoms with E-state index in [9.17, 15) is 14.4 Å². The number of ketones is 2. The van der Waals surface area contributed by atoms with Crippen molar-refractivity contribution in [1.82, 2.24) is 0 Å². The van der Waals surface area contributed by atoms with Crippen molar-refractivity contribution in [1.29, 1.82) is 5.41 Å². The molecular weight excluding hydrogens is 377 g/mol. The predicted octanol–water partition coefficient (Wildman–Crippen LogP) is 1.44. The van der Waals surface area contributed by atoms with Crippen LogP contribution in [0.2, 0.25) is 6.82 Å². The van der Waals surface area contributed by atoms with E-state index < -0.39 is 5.41 Å². The number of rotatable bonds is 21. The third kappa shape index (κ3) is 16.1. The van der Waals surface area contributed by atoms with E-state index in [1.807, 2.05) is 6.82 Å². The lowest BCUT2D eigenvalue weighted by Gasteiger charge is -2.33. The molecule has 1 N–H and O–H groups in total. The Kier molecular flexibility index (Phi) is 16.6. The topological polar surface area (TPSA) is 112 Å². The SMILES string of the molecule is CBC(=O)CCOCC(COCCC=N)(COCCC(C)=O)COCCC(C)=O. The number of hydrogen-bond donors (Lipinski definition) is 1. The van der Waals surface area contributed by atoms with Crippen molar-refractivity contribution in [3.05, 3.63) is 0 Å². The summed E-state index contributed by atoms with van der Waals surface area (Å²) in [6.07, 6.45) is 2.76. The fraction of sp³-hybridized carbons (Fsp3) is 0.800. The van der Waals surface area contributed by atoms with Gasteiger partial charge in [0.05, 0.1) is 64.0 Å². The first-order valence-electron chi connectivity index (χ1n) is 10.2. The fourth-order valence-electron chi connectivity index (χ4n) is 2.34. The largest absolute Gasteiger partial charge is 0.380 e. The van der Waals surface area contributed by atoms with E-state index in [-0.39, 0.29) is 43.7 Å². The molecule has 0 spiro atoms. The van der Waals surface area contributed by atoms with Crippen molar-refractivity contribution in [2.75, 3.05) is 52.9 Å². The Morgan fingerprint density at radius 3 is 1.59 bits per heavy atom. The van der Waals surface area contributed by atoms with Gasteiger partial charge in [0.25, 0.3) is 0 Å². The van der Waals surface area contributed by atoms with Crippen molar-refractivity contribution in [2.24, 2.45) is 5.41 Å². The average molecular weight is 413 g/mol. The van der Waals surface area contributed by atoms with Crippen LogP contribution in [0.1, 0.15) is 39.5 Å². The van der Waals surface area contributed by atoms with Gasteiger partial charge in [-0.1, -0.05) is 6.82 Å². The molecule has 0 aromatic heterocycles. The van der Waals surface area contributed by atoms with Crippen LogP contribution in [0.15, 0.2) is 0 Å². The molecule has 29 heavy (non-hydrogen) atoms. The Morgan fingerprint density at radius 1 is 0.793 bits per heavy atom. The molecule has 0 aromatic rings. The van der Waals surface area contributed by atoms with Crippen LogP contribution < -0.4 is 0 Å². The Bertz CT molecular complexity index is 477. The standard InChI is InChI=1S/C20H36BNO7/c1-17(23)5-10-27-14-20(13-26-9-4-8-22,15-28-11-6-18(2)24)16-29-12-7-19(25)21-3/h8,21-22H,4-7,9-16H2,1-3H3. The maximum Gasteiger partial charge on any atom is 0.202 e. The number of hydrogen-bond acceptors (Lipinski definition) is 8. The summed E-state index contributed by atoms with van der Waals surface area (Å²) in [5.41, 5.74) is -0.501. The number of carbonyl (C=O) groups is 3. The molecule has 0 aliphatic rings. The van der Waals surface area contributed by atoms with Gasteiger partial charge in [-0.15, -0.1) is 0 Å². The van der Waals surface area contributed by atoms with Crippen molar-refractivity contribution in [3.8, 4) is 0 Å². The molecule has 0 saturated carbocycles. The normalized spacial score (nSPS) is 11.3. The average Bonchev–Trinajstić information content (AvgIpc) is 2.68. The van der Waals surface area contributed by atoms with E-state index in [0.717, 1.165) is 0 Å². The number of Topliss-reactive ketones (excluding diaryl/α,β-unsaturated/α-hetero) is 2. The Morgan fingerprint density at radius 2 is 1.21 bits per heavy atom. The molecular formula is C20H36BNO7. The Balaban J connectivity index is 4.91. The molecule has 0 radical (unpaired) electrons. The summed E-state index contributed by atoms with van der Waals surface area (Å²) in [4.78, 5) is 33.8. The molecule has 166 valence electrons. The van der Waals surface area contributed by atoms with Gasteiger partial charge < -0.3 is 29.2 Å². The molecule has 9 heteroatoms. The molecule has 0 aromatic carbocycles. The molecule has 0 saturated heterocycles. The van der Waals surface area contributed by atoms with Gasteiger partial charge in [0.2, 0.25) is 7.28 Å². The zero-order valence-corrected chi connectivity index (χ0v) is 18.1. The lowest BCUT2D eigenvalue weighted by molar-refractivity contribution is -0.123. The molecule has 0 aliphatic carbocycles. The zero-order valence-electron chi connectivity index (χ0n) is 18.1. The summed E-state index contributed by atoms with van der Waals surface area (Å²) in [5, 5.41) is 7.11. The van der Waals surface area contributed by atoms with Gasteiger partial charge >= 0.3 is 0 Å². The summed E-state index contributed by atoms with van der Waals surface area (Å²) in [6.45, 7) is 7.16. The molecule has 0 aliphatic heterocycles. The van der Waals surface area contributed by atoms with Crippen LogP contribution in [-0.2, 0) is 33.3 Å². The molecule has 0 fully saturated rings. The van der Waals surface area contributed by atoms with Crippen LogP contribution in [0.4, 0.5) is 0 Å². The first kappa shape index (κ1) is 27.6. The Hall–Kier alpha value is -1.42. The minimum Gasteiger partial charge on any atom is -0.380 e. The first-order chi connectivity index (χ1) is 13.8. The molecule has 8 nitrogen and oxygen atoms in total. The van der Waals surface area contributed by atoms with Crippen LogP contribution in [0.5, 0.6) is 0 Å². The molecule has 0 heterocycles. The lowest BCUT2D eigenvalue weighted by atomic mass is 9.75. The third-order valence-electron chi connectivity index (χ3n) is 4.16. The van der Waals surface area contributed by atoms with Crippen molar-refractivity contribution >= 4 is 30.7 Å². The first-order valence-corrected chi connectivity index (χ1v) is 10.2. The maximum absolute atomic E-state index is 11.5. The van der Waals surface area contributed by atoms with Gasteiger partial charge in [-0.05, 0) is 20.1 Å². The number of ether oxygens (including phenoxy) is 4. The minimum absolute atomic E-state index is 0.0462. The zero-order chi connectivity index (χ0) is 22.0. The van der Waals surface area contributed by atoms with Crippen molar-refractivity contribution in [2.45, 2.75) is 46.4 Å². The van der Waals surface area contributed by atoms with Gasteiger partial charge in [-0.3, -0.25) is 9.59 Å². The number of carbonyl (C=O) groups excluding carboxylic acids is 3. The van der Waals surface area contributed by atoms with E-state index in [1.54, 1.807) is 0 Å². The highest BCUT2D eigenvalue weighted by Crippen LogP contribution is 2.21. The summed E-state index contributed by atoms with van der Waals surface area (Å²) in [6, 6.07) is 0. The highest BCUT2D eigenvalue weighted by Gasteiger charge is 2.32. The maximum atomic E-state index is 11.5. The van der Waals surface area contributed by atoms with Crippen LogP contribution in [-0.4, -0.2) is 83.6 Å². The van der Waals surface area contributed by atoms with Crippen LogP contribution in [0.3, 0.4) is 0 Å². The minimum atomic E-state index is -0.634. The second kappa shape index (κ2) is 17.4. The molecule has 0 rings (SSSR count). The van der Waals surface area contributed by atoms with E-state index in [1.165, 1.54) is 20.1 Å². The van der Waals surface area contributed by atoms with Crippen LogP contribution in [0, 0.1) is 10.8 Å². The lowest BCUT2D eigenvalue weighted by Crippen LogP contribution is -2.42. The van der Waals surface area contributed by atoms with Crippen LogP contribution in [0.25, 0.3) is 0 Å². The van der Waals surface area contributed by atoms with Gasteiger partial charge in [0.15, 0.2) is 0 Å². The van der Waals surface area contributed by atoms with E-state index in [4.69, 9.17) is 24.4 Å².